The minimum Gasteiger partial charge on any atom is -0.462 e. The second-order valence-electron chi connectivity index (χ2n) is 2.47. The molecule has 0 fully saturated rings. The van der Waals surface area contributed by atoms with E-state index in [1.54, 1.807) is 13.0 Å². The van der Waals surface area contributed by atoms with E-state index in [9.17, 15) is 4.79 Å². The van der Waals surface area contributed by atoms with Crippen LogP contribution >= 0.6 is 61.1 Å². The summed E-state index contributed by atoms with van der Waals surface area (Å²) in [6.45, 7) is 2.20. The number of hydrogen-bond donors (Lipinski definition) is 0. The molecule has 76 valence electrons. The van der Waals surface area contributed by atoms with E-state index in [0.29, 0.717) is 12.2 Å². The van der Waals surface area contributed by atoms with E-state index in [-0.39, 0.29) is 5.97 Å². The molecular formula is C9H7BrI2O2. The van der Waals surface area contributed by atoms with Crippen molar-refractivity contribution in [2.75, 3.05) is 6.61 Å². The molecule has 14 heavy (non-hydrogen) atoms. The lowest BCUT2D eigenvalue weighted by Crippen LogP contribution is -2.07. The maximum absolute atomic E-state index is 11.5. The van der Waals surface area contributed by atoms with Crippen molar-refractivity contribution in [3.8, 4) is 0 Å². The van der Waals surface area contributed by atoms with Crippen LogP contribution in [-0.2, 0) is 4.74 Å². The zero-order valence-corrected chi connectivity index (χ0v) is 13.2. The average Bonchev–Trinajstić information content (AvgIpc) is 2.11. The van der Waals surface area contributed by atoms with Crippen molar-refractivity contribution in [2.45, 2.75) is 6.92 Å². The normalized spacial score (nSPS) is 10.0. The number of carbonyl (C=O) groups excluding carboxylic acids is 1. The van der Waals surface area contributed by atoms with Gasteiger partial charge in [-0.2, -0.15) is 0 Å². The van der Waals surface area contributed by atoms with Gasteiger partial charge in [0, 0.05) is 11.6 Å². The SMILES string of the molecule is CCOC(=O)c1cc(Br)cc(I)c1I. The van der Waals surface area contributed by atoms with Crippen LogP contribution in [0.15, 0.2) is 16.6 Å². The summed E-state index contributed by atoms with van der Waals surface area (Å²) < 4.78 is 7.82. The molecule has 0 radical (unpaired) electrons. The molecule has 5 heteroatoms. The lowest BCUT2D eigenvalue weighted by Gasteiger charge is -2.06. The van der Waals surface area contributed by atoms with E-state index < -0.39 is 0 Å². The molecule has 0 aromatic heterocycles. The van der Waals surface area contributed by atoms with E-state index >= 15 is 0 Å². The van der Waals surface area contributed by atoms with Crippen molar-refractivity contribution in [3.05, 3.63) is 29.3 Å². The third-order valence-electron chi connectivity index (χ3n) is 1.49. The zero-order chi connectivity index (χ0) is 10.7. The summed E-state index contributed by atoms with van der Waals surface area (Å²) in [7, 11) is 0. The number of esters is 1. The number of hydrogen-bond acceptors (Lipinski definition) is 2. The van der Waals surface area contributed by atoms with Crippen LogP contribution in [0.5, 0.6) is 0 Å². The summed E-state index contributed by atoms with van der Waals surface area (Å²) in [6, 6.07) is 3.74. The third kappa shape index (κ3) is 3.06. The Kier molecular flexibility index (Phi) is 5.12. The van der Waals surface area contributed by atoms with Gasteiger partial charge in [-0.05, 0) is 64.2 Å². The van der Waals surface area contributed by atoms with Crippen molar-refractivity contribution in [1.29, 1.82) is 0 Å². The van der Waals surface area contributed by atoms with Crippen LogP contribution in [0.25, 0.3) is 0 Å². The Morgan fingerprint density at radius 3 is 2.71 bits per heavy atom. The van der Waals surface area contributed by atoms with Crippen LogP contribution < -0.4 is 0 Å². The molecule has 0 unspecified atom stereocenters. The van der Waals surface area contributed by atoms with Crippen LogP contribution in [-0.4, -0.2) is 12.6 Å². The number of rotatable bonds is 2. The van der Waals surface area contributed by atoms with Crippen LogP contribution in [0.1, 0.15) is 17.3 Å². The molecule has 1 aromatic rings. The molecule has 0 aliphatic rings. The Labute approximate surface area is 118 Å². The van der Waals surface area contributed by atoms with Gasteiger partial charge in [0.1, 0.15) is 0 Å². The van der Waals surface area contributed by atoms with Gasteiger partial charge in [0.25, 0.3) is 0 Å². The highest BCUT2D eigenvalue weighted by Gasteiger charge is 2.14. The van der Waals surface area contributed by atoms with Crippen LogP contribution in [0.4, 0.5) is 0 Å². The Bertz CT molecular complexity index is 366. The molecule has 0 N–H and O–H groups in total. The van der Waals surface area contributed by atoms with Crippen LogP contribution in [0.3, 0.4) is 0 Å². The molecule has 2 nitrogen and oxygen atoms in total. The van der Waals surface area contributed by atoms with Gasteiger partial charge in [0.15, 0.2) is 0 Å². The summed E-state index contributed by atoms with van der Waals surface area (Å²) in [4.78, 5) is 11.5. The van der Waals surface area contributed by atoms with E-state index in [2.05, 4.69) is 61.1 Å². The van der Waals surface area contributed by atoms with Crippen molar-refractivity contribution < 1.29 is 9.53 Å². The average molecular weight is 481 g/mol. The van der Waals surface area contributed by atoms with E-state index in [1.165, 1.54) is 0 Å². The molecule has 0 saturated carbocycles. The first-order chi connectivity index (χ1) is 6.56. The van der Waals surface area contributed by atoms with Crippen LogP contribution in [0, 0.1) is 7.14 Å². The first-order valence-electron chi connectivity index (χ1n) is 3.88. The summed E-state index contributed by atoms with van der Waals surface area (Å²) in [6.07, 6.45) is 0. The number of carbonyl (C=O) groups is 1. The molecule has 1 rings (SSSR count). The summed E-state index contributed by atoms with van der Waals surface area (Å²) in [5, 5.41) is 0. The minimum absolute atomic E-state index is 0.267. The molecule has 0 saturated heterocycles. The summed E-state index contributed by atoms with van der Waals surface area (Å²) in [5.41, 5.74) is 0.617. The predicted octanol–water partition coefficient (Wildman–Crippen LogP) is 3.84. The highest BCUT2D eigenvalue weighted by Crippen LogP contribution is 2.25. The molecule has 1 aromatic carbocycles. The van der Waals surface area contributed by atoms with Gasteiger partial charge in [-0.3, -0.25) is 0 Å². The largest absolute Gasteiger partial charge is 0.462 e. The molecule has 0 aliphatic carbocycles. The summed E-state index contributed by atoms with van der Waals surface area (Å²) in [5.74, 6) is -0.267. The van der Waals surface area contributed by atoms with Crippen molar-refractivity contribution in [1.82, 2.24) is 0 Å². The highest BCUT2D eigenvalue weighted by molar-refractivity contribution is 14.1. The molecular weight excluding hydrogens is 474 g/mol. The number of ether oxygens (including phenoxy) is 1. The lowest BCUT2D eigenvalue weighted by atomic mass is 10.2. The van der Waals surface area contributed by atoms with Gasteiger partial charge >= 0.3 is 5.97 Å². The highest BCUT2D eigenvalue weighted by atomic mass is 127. The second-order valence-corrected chi connectivity index (χ2v) is 5.63. The predicted molar refractivity (Wildman–Crippen MR) is 75.5 cm³/mol. The van der Waals surface area contributed by atoms with E-state index in [4.69, 9.17) is 4.74 Å². The fourth-order valence-corrected chi connectivity index (χ4v) is 2.96. The first kappa shape index (κ1) is 12.7. The Hall–Kier alpha value is 0.630. The number of benzene rings is 1. The van der Waals surface area contributed by atoms with Gasteiger partial charge in [-0.1, -0.05) is 15.9 Å². The van der Waals surface area contributed by atoms with Crippen molar-refractivity contribution in [2.24, 2.45) is 0 Å². The maximum atomic E-state index is 11.5. The van der Waals surface area contributed by atoms with Gasteiger partial charge < -0.3 is 4.74 Å². The van der Waals surface area contributed by atoms with Gasteiger partial charge in [-0.15, -0.1) is 0 Å². The van der Waals surface area contributed by atoms with Crippen molar-refractivity contribution in [3.63, 3.8) is 0 Å². The zero-order valence-electron chi connectivity index (χ0n) is 7.31. The van der Waals surface area contributed by atoms with Crippen LogP contribution in [0.2, 0.25) is 0 Å². The molecule has 0 atom stereocenters. The molecule has 0 aliphatic heterocycles. The maximum Gasteiger partial charge on any atom is 0.339 e. The first-order valence-corrected chi connectivity index (χ1v) is 6.83. The molecule has 0 amide bonds. The van der Waals surface area contributed by atoms with Gasteiger partial charge in [0.05, 0.1) is 12.2 Å². The minimum atomic E-state index is -0.267. The van der Waals surface area contributed by atoms with E-state index in [1.807, 2.05) is 6.07 Å². The fraction of sp³-hybridized carbons (Fsp3) is 0.222. The third-order valence-corrected chi connectivity index (χ3v) is 4.99. The smallest absolute Gasteiger partial charge is 0.339 e. The standard InChI is InChI=1S/C9H7BrI2O2/c1-2-14-9(13)6-3-5(10)4-7(11)8(6)12/h3-4H,2H2,1H3. The topological polar surface area (TPSA) is 26.3 Å². The second kappa shape index (κ2) is 5.64. The quantitative estimate of drug-likeness (QED) is 0.365. The van der Waals surface area contributed by atoms with Gasteiger partial charge in [0.2, 0.25) is 0 Å². The lowest BCUT2D eigenvalue weighted by molar-refractivity contribution is 0.0525. The Balaban J connectivity index is 3.13. The molecule has 0 bridgehead atoms. The van der Waals surface area contributed by atoms with Crippen molar-refractivity contribution >= 4 is 67.1 Å². The Morgan fingerprint density at radius 1 is 1.50 bits per heavy atom. The molecule has 0 spiro atoms. The van der Waals surface area contributed by atoms with E-state index in [0.717, 1.165) is 11.6 Å². The van der Waals surface area contributed by atoms with Gasteiger partial charge in [-0.25, -0.2) is 4.79 Å². The summed E-state index contributed by atoms with van der Waals surface area (Å²) >= 11 is 7.69. The molecule has 0 heterocycles. The monoisotopic (exact) mass is 480 g/mol. The Morgan fingerprint density at radius 2 is 2.14 bits per heavy atom. The number of halogens is 3. The fourth-order valence-electron chi connectivity index (χ4n) is 0.913.